The maximum absolute atomic E-state index is 12.6. The van der Waals surface area contributed by atoms with Gasteiger partial charge in [0.1, 0.15) is 0 Å². The summed E-state index contributed by atoms with van der Waals surface area (Å²) in [7, 11) is 0. The van der Waals surface area contributed by atoms with Crippen LogP contribution < -0.4 is 10.6 Å². The molecule has 0 unspecified atom stereocenters. The van der Waals surface area contributed by atoms with Gasteiger partial charge in [-0.2, -0.15) is 0 Å². The largest absolute Gasteiger partial charge is 0.351 e. The molecule has 0 spiro atoms. The predicted molar refractivity (Wildman–Crippen MR) is 86.2 cm³/mol. The van der Waals surface area contributed by atoms with E-state index in [9.17, 15) is 4.79 Å². The molecular formula is C19H20N2O. The summed E-state index contributed by atoms with van der Waals surface area (Å²) in [5.74, 6) is 0.164. The summed E-state index contributed by atoms with van der Waals surface area (Å²) in [6, 6.07) is 16.6. The lowest BCUT2D eigenvalue weighted by Crippen LogP contribution is -2.34. The van der Waals surface area contributed by atoms with Gasteiger partial charge in [0.05, 0.1) is 5.41 Å². The number of hydrogen-bond acceptors (Lipinski definition) is 2. The van der Waals surface area contributed by atoms with E-state index in [0.29, 0.717) is 6.54 Å². The summed E-state index contributed by atoms with van der Waals surface area (Å²) in [4.78, 5) is 12.6. The average molecular weight is 292 g/mol. The lowest BCUT2D eigenvalue weighted by molar-refractivity contribution is -0.123. The third-order valence-corrected chi connectivity index (χ3v) is 4.87. The van der Waals surface area contributed by atoms with Gasteiger partial charge < -0.3 is 10.6 Å². The molecule has 1 aliphatic heterocycles. The number of carbonyl (C=O) groups is 1. The lowest BCUT2D eigenvalue weighted by Gasteiger charge is -2.16. The molecule has 4 rings (SSSR count). The van der Waals surface area contributed by atoms with Crippen LogP contribution in [0.4, 0.5) is 0 Å². The van der Waals surface area contributed by atoms with E-state index in [1.807, 2.05) is 18.2 Å². The van der Waals surface area contributed by atoms with Crippen molar-refractivity contribution in [1.82, 2.24) is 10.6 Å². The standard InChI is InChI=1S/C19H20N2O/c22-18(19(8-9-19)17-4-2-1-3-5-17)21-11-14-6-7-15-12-20-13-16(15)10-14/h1-7,10,20H,8-9,11-13H2,(H,21,22). The highest BCUT2D eigenvalue weighted by Crippen LogP contribution is 2.48. The van der Waals surface area contributed by atoms with Crippen molar-refractivity contribution in [1.29, 1.82) is 0 Å². The molecule has 0 atom stereocenters. The predicted octanol–water partition coefficient (Wildman–Crippen LogP) is 2.64. The van der Waals surface area contributed by atoms with Gasteiger partial charge in [0.15, 0.2) is 0 Å². The third kappa shape index (κ3) is 2.32. The number of nitrogens with one attached hydrogen (secondary N) is 2. The van der Waals surface area contributed by atoms with Crippen LogP contribution in [0, 0.1) is 0 Å². The summed E-state index contributed by atoms with van der Waals surface area (Å²) in [5, 5.41) is 6.48. The second kappa shape index (κ2) is 5.25. The van der Waals surface area contributed by atoms with Crippen molar-refractivity contribution in [3.8, 4) is 0 Å². The van der Waals surface area contributed by atoms with E-state index in [2.05, 4.69) is 41.0 Å². The quantitative estimate of drug-likeness (QED) is 0.909. The van der Waals surface area contributed by atoms with Gasteiger partial charge >= 0.3 is 0 Å². The van der Waals surface area contributed by atoms with Crippen LogP contribution in [0.3, 0.4) is 0 Å². The van der Waals surface area contributed by atoms with E-state index in [1.165, 1.54) is 16.7 Å². The minimum Gasteiger partial charge on any atom is -0.351 e. The molecule has 1 amide bonds. The van der Waals surface area contributed by atoms with Crippen molar-refractivity contribution in [2.75, 3.05) is 0 Å². The molecule has 3 heteroatoms. The Morgan fingerprint density at radius 1 is 1.05 bits per heavy atom. The van der Waals surface area contributed by atoms with Crippen LogP contribution in [-0.2, 0) is 29.8 Å². The van der Waals surface area contributed by atoms with E-state index in [0.717, 1.165) is 31.5 Å². The molecule has 2 aromatic rings. The molecule has 2 aliphatic rings. The maximum Gasteiger partial charge on any atom is 0.230 e. The zero-order valence-corrected chi connectivity index (χ0v) is 12.6. The SMILES string of the molecule is O=C(NCc1ccc2c(c1)CNC2)C1(c2ccccc2)CC1. The van der Waals surface area contributed by atoms with E-state index in [1.54, 1.807) is 0 Å². The topological polar surface area (TPSA) is 41.1 Å². The van der Waals surface area contributed by atoms with Crippen molar-refractivity contribution in [2.45, 2.75) is 37.9 Å². The Morgan fingerprint density at radius 2 is 1.82 bits per heavy atom. The number of hydrogen-bond donors (Lipinski definition) is 2. The fourth-order valence-corrected chi connectivity index (χ4v) is 3.34. The van der Waals surface area contributed by atoms with E-state index in [-0.39, 0.29) is 11.3 Å². The van der Waals surface area contributed by atoms with Crippen molar-refractivity contribution in [2.24, 2.45) is 0 Å². The third-order valence-electron chi connectivity index (χ3n) is 4.87. The molecule has 0 saturated heterocycles. The zero-order valence-electron chi connectivity index (χ0n) is 12.6. The molecule has 1 heterocycles. The van der Waals surface area contributed by atoms with Crippen LogP contribution >= 0.6 is 0 Å². The Kier molecular flexibility index (Phi) is 3.23. The number of benzene rings is 2. The van der Waals surface area contributed by atoms with Crippen LogP contribution in [0.2, 0.25) is 0 Å². The second-order valence-electron chi connectivity index (χ2n) is 6.34. The highest BCUT2D eigenvalue weighted by atomic mass is 16.2. The Bertz CT molecular complexity index is 705. The van der Waals surface area contributed by atoms with Crippen LogP contribution in [0.25, 0.3) is 0 Å². The fraction of sp³-hybridized carbons (Fsp3) is 0.316. The highest BCUT2D eigenvalue weighted by Gasteiger charge is 2.50. The summed E-state index contributed by atoms with van der Waals surface area (Å²) in [6.07, 6.45) is 1.91. The Hall–Kier alpha value is -2.13. The van der Waals surface area contributed by atoms with Crippen molar-refractivity contribution in [3.05, 3.63) is 70.8 Å². The molecular weight excluding hydrogens is 272 g/mol. The lowest BCUT2D eigenvalue weighted by atomic mass is 9.95. The maximum atomic E-state index is 12.6. The molecule has 3 nitrogen and oxygen atoms in total. The number of rotatable bonds is 4. The first-order valence-corrected chi connectivity index (χ1v) is 7.93. The Morgan fingerprint density at radius 3 is 2.59 bits per heavy atom. The molecule has 1 aliphatic carbocycles. The summed E-state index contributed by atoms with van der Waals surface area (Å²) < 4.78 is 0. The van der Waals surface area contributed by atoms with E-state index >= 15 is 0 Å². The first-order valence-electron chi connectivity index (χ1n) is 7.93. The normalized spacial score (nSPS) is 17.8. The zero-order chi connectivity index (χ0) is 15.0. The first-order chi connectivity index (χ1) is 10.8. The van der Waals surface area contributed by atoms with Gasteiger partial charge in [-0.1, -0.05) is 48.5 Å². The molecule has 0 radical (unpaired) electrons. The van der Waals surface area contributed by atoms with Crippen LogP contribution in [0.15, 0.2) is 48.5 Å². The van der Waals surface area contributed by atoms with Crippen LogP contribution in [0.5, 0.6) is 0 Å². The molecule has 2 N–H and O–H groups in total. The van der Waals surface area contributed by atoms with E-state index < -0.39 is 0 Å². The molecule has 1 saturated carbocycles. The number of amides is 1. The minimum absolute atomic E-state index is 0.164. The smallest absolute Gasteiger partial charge is 0.230 e. The Balaban J connectivity index is 1.45. The fourth-order valence-electron chi connectivity index (χ4n) is 3.34. The number of carbonyl (C=O) groups excluding carboxylic acids is 1. The average Bonchev–Trinajstić information content (AvgIpc) is 3.25. The van der Waals surface area contributed by atoms with Gasteiger partial charge in [0.25, 0.3) is 0 Å². The van der Waals surface area contributed by atoms with Gasteiger partial charge in [0.2, 0.25) is 5.91 Å². The molecule has 112 valence electrons. The summed E-state index contributed by atoms with van der Waals surface area (Å²) in [5.41, 5.74) is 4.78. The summed E-state index contributed by atoms with van der Waals surface area (Å²) >= 11 is 0. The van der Waals surface area contributed by atoms with Crippen LogP contribution in [0.1, 0.15) is 35.1 Å². The van der Waals surface area contributed by atoms with E-state index in [4.69, 9.17) is 0 Å². The van der Waals surface area contributed by atoms with Crippen molar-refractivity contribution in [3.63, 3.8) is 0 Å². The minimum atomic E-state index is -0.278. The molecule has 0 aromatic heterocycles. The first kappa shape index (κ1) is 13.5. The monoisotopic (exact) mass is 292 g/mol. The summed E-state index contributed by atoms with van der Waals surface area (Å²) in [6.45, 7) is 2.50. The Labute approximate surface area is 130 Å². The highest BCUT2D eigenvalue weighted by molar-refractivity contribution is 5.91. The number of fused-ring (bicyclic) bond motifs is 1. The second-order valence-corrected chi connectivity index (χ2v) is 6.34. The molecule has 1 fully saturated rings. The van der Waals surface area contributed by atoms with Crippen LogP contribution in [-0.4, -0.2) is 5.91 Å². The van der Waals surface area contributed by atoms with Gasteiger partial charge in [-0.3, -0.25) is 4.79 Å². The van der Waals surface area contributed by atoms with Crippen molar-refractivity contribution < 1.29 is 4.79 Å². The van der Waals surface area contributed by atoms with Gasteiger partial charge in [-0.05, 0) is 35.1 Å². The molecule has 0 bridgehead atoms. The van der Waals surface area contributed by atoms with Crippen molar-refractivity contribution >= 4 is 5.91 Å². The van der Waals surface area contributed by atoms with Gasteiger partial charge in [-0.15, -0.1) is 0 Å². The molecule has 2 aromatic carbocycles. The van der Waals surface area contributed by atoms with Gasteiger partial charge in [0, 0.05) is 19.6 Å². The molecule has 22 heavy (non-hydrogen) atoms. The van der Waals surface area contributed by atoms with Gasteiger partial charge in [-0.25, -0.2) is 0 Å².